The Morgan fingerprint density at radius 2 is 1.55 bits per heavy atom. The van der Waals surface area contributed by atoms with Gasteiger partial charge in [-0.2, -0.15) is 0 Å². The average Bonchev–Trinajstić information content (AvgIpc) is 2.73. The third-order valence-corrected chi connectivity index (χ3v) is 6.56. The molecule has 2 aliphatic rings. The Morgan fingerprint density at radius 1 is 1.00 bits per heavy atom. The molecule has 0 aliphatic carbocycles. The molecule has 2 heterocycles. The molecule has 29 heavy (non-hydrogen) atoms. The number of hydrogen-bond donors (Lipinski definition) is 1. The molecule has 0 saturated carbocycles. The molecule has 2 aromatic carbocycles. The first-order chi connectivity index (χ1) is 14.0. The number of likely N-dealkylation sites (tertiary alicyclic amines) is 1. The van der Waals surface area contributed by atoms with Gasteiger partial charge < -0.3 is 14.7 Å². The van der Waals surface area contributed by atoms with E-state index in [1.807, 2.05) is 48.2 Å². The highest BCUT2D eigenvalue weighted by Crippen LogP contribution is 2.40. The molecule has 0 aromatic heterocycles. The summed E-state index contributed by atoms with van der Waals surface area (Å²) in [4.78, 5) is 15.2. The number of amides is 1. The summed E-state index contributed by atoms with van der Waals surface area (Å²) < 4.78 is 6.09. The van der Waals surface area contributed by atoms with Gasteiger partial charge in [0, 0.05) is 31.8 Å². The van der Waals surface area contributed by atoms with E-state index in [-0.39, 0.29) is 17.4 Å². The second kappa shape index (κ2) is 8.29. The van der Waals surface area contributed by atoms with Crippen molar-refractivity contribution in [3.63, 3.8) is 0 Å². The van der Waals surface area contributed by atoms with Crippen molar-refractivity contribution < 1.29 is 14.6 Å². The molecule has 2 aliphatic heterocycles. The van der Waals surface area contributed by atoms with E-state index in [0.29, 0.717) is 39.0 Å². The van der Waals surface area contributed by atoms with E-state index in [2.05, 4.69) is 24.3 Å². The quantitative estimate of drug-likeness (QED) is 0.850. The van der Waals surface area contributed by atoms with Gasteiger partial charge in [0.2, 0.25) is 5.91 Å². The number of benzene rings is 2. The molecule has 4 heteroatoms. The fourth-order valence-electron chi connectivity index (χ4n) is 4.91. The Hall–Kier alpha value is -2.17. The Bertz CT molecular complexity index is 771. The van der Waals surface area contributed by atoms with Gasteiger partial charge in [-0.1, -0.05) is 60.7 Å². The third-order valence-electron chi connectivity index (χ3n) is 6.56. The predicted octanol–water partition coefficient (Wildman–Crippen LogP) is 4.13. The normalized spacial score (nSPS) is 24.0. The van der Waals surface area contributed by atoms with Gasteiger partial charge in [0.15, 0.2) is 0 Å². The number of rotatable bonds is 4. The number of aliphatic hydroxyl groups is 1. The van der Waals surface area contributed by atoms with Gasteiger partial charge in [-0.3, -0.25) is 4.79 Å². The maximum absolute atomic E-state index is 13.2. The summed E-state index contributed by atoms with van der Waals surface area (Å²) >= 11 is 0. The van der Waals surface area contributed by atoms with Crippen molar-refractivity contribution in [1.29, 1.82) is 0 Å². The summed E-state index contributed by atoms with van der Waals surface area (Å²) in [5, 5.41) is 10.5. The summed E-state index contributed by atoms with van der Waals surface area (Å²) in [7, 11) is 0. The van der Waals surface area contributed by atoms with Crippen molar-refractivity contribution in [2.75, 3.05) is 19.7 Å². The van der Waals surface area contributed by atoms with E-state index < -0.39 is 5.60 Å². The minimum absolute atomic E-state index is 0.0625. The van der Waals surface area contributed by atoms with Crippen LogP contribution in [0.2, 0.25) is 0 Å². The van der Waals surface area contributed by atoms with Crippen molar-refractivity contribution in [2.24, 2.45) is 0 Å². The van der Waals surface area contributed by atoms with Crippen LogP contribution in [-0.2, 0) is 9.53 Å². The molecule has 4 rings (SSSR count). The van der Waals surface area contributed by atoms with Gasteiger partial charge in [0.25, 0.3) is 0 Å². The Morgan fingerprint density at radius 3 is 2.07 bits per heavy atom. The van der Waals surface area contributed by atoms with Crippen LogP contribution in [0.25, 0.3) is 0 Å². The lowest BCUT2D eigenvalue weighted by molar-refractivity contribution is -0.175. The predicted molar refractivity (Wildman–Crippen MR) is 114 cm³/mol. The van der Waals surface area contributed by atoms with E-state index >= 15 is 0 Å². The number of carbonyl (C=O) groups is 1. The lowest BCUT2D eigenvalue weighted by Crippen LogP contribution is -2.54. The summed E-state index contributed by atoms with van der Waals surface area (Å²) in [5.41, 5.74) is 1.42. The third kappa shape index (κ3) is 4.71. The minimum atomic E-state index is -0.657. The largest absolute Gasteiger partial charge is 0.390 e. The fraction of sp³-hybridized carbons (Fsp3) is 0.480. The van der Waals surface area contributed by atoms with Crippen molar-refractivity contribution in [3.8, 4) is 0 Å². The maximum Gasteiger partial charge on any atom is 0.223 e. The first-order valence-corrected chi connectivity index (χ1v) is 10.7. The number of ether oxygens (including phenoxy) is 1. The summed E-state index contributed by atoms with van der Waals surface area (Å²) in [6.45, 7) is 3.90. The zero-order chi connectivity index (χ0) is 20.3. The van der Waals surface area contributed by atoms with Crippen LogP contribution in [-0.4, -0.2) is 46.8 Å². The lowest BCUT2D eigenvalue weighted by atomic mass is 9.77. The van der Waals surface area contributed by atoms with Gasteiger partial charge >= 0.3 is 0 Å². The van der Waals surface area contributed by atoms with Gasteiger partial charge in [0.1, 0.15) is 0 Å². The minimum Gasteiger partial charge on any atom is -0.390 e. The zero-order valence-electron chi connectivity index (χ0n) is 17.2. The lowest BCUT2D eigenvalue weighted by Gasteiger charge is -2.48. The van der Waals surface area contributed by atoms with Crippen molar-refractivity contribution in [2.45, 2.75) is 56.1 Å². The molecular formula is C25H31NO3. The number of carbonyl (C=O) groups excluding carboxylic acids is 1. The molecule has 2 fully saturated rings. The molecule has 1 atom stereocenters. The van der Waals surface area contributed by atoms with Crippen LogP contribution in [0.4, 0.5) is 0 Å². The fourth-order valence-corrected chi connectivity index (χ4v) is 4.91. The van der Waals surface area contributed by atoms with E-state index in [1.165, 1.54) is 11.1 Å². The SMILES string of the molecule is CC1(O)CCOC2(CCN(C(=O)CC(c3ccccc3)c3ccccc3)CC2)C1. The molecule has 154 valence electrons. The van der Waals surface area contributed by atoms with Crippen molar-refractivity contribution in [3.05, 3.63) is 71.8 Å². The molecular weight excluding hydrogens is 362 g/mol. The molecule has 1 unspecified atom stereocenters. The molecule has 0 radical (unpaired) electrons. The van der Waals surface area contributed by atoms with Crippen LogP contribution in [0, 0.1) is 0 Å². The van der Waals surface area contributed by atoms with Crippen LogP contribution in [0.3, 0.4) is 0 Å². The van der Waals surface area contributed by atoms with Gasteiger partial charge in [0.05, 0.1) is 17.8 Å². The number of piperidine rings is 1. The summed E-state index contributed by atoms with van der Waals surface area (Å²) in [6.07, 6.45) is 3.43. The van der Waals surface area contributed by atoms with E-state index in [0.717, 1.165) is 12.8 Å². The van der Waals surface area contributed by atoms with Crippen LogP contribution >= 0.6 is 0 Å². The number of hydrogen-bond acceptors (Lipinski definition) is 3. The molecule has 2 saturated heterocycles. The Kier molecular flexibility index (Phi) is 5.75. The van der Waals surface area contributed by atoms with Crippen LogP contribution in [0.1, 0.15) is 56.1 Å². The highest BCUT2D eigenvalue weighted by Gasteiger charge is 2.45. The molecule has 1 N–H and O–H groups in total. The van der Waals surface area contributed by atoms with Crippen molar-refractivity contribution in [1.82, 2.24) is 4.90 Å². The molecule has 1 spiro atoms. The Balaban J connectivity index is 1.44. The standard InChI is InChI=1S/C25H31NO3/c1-24(28)14-17-29-25(19-24)12-15-26(16-13-25)23(27)18-22(20-8-4-2-5-9-20)21-10-6-3-7-11-21/h2-11,22,28H,12-19H2,1H3. The van der Waals surface area contributed by atoms with Gasteiger partial charge in [-0.15, -0.1) is 0 Å². The van der Waals surface area contributed by atoms with Crippen LogP contribution in [0.5, 0.6) is 0 Å². The highest BCUT2D eigenvalue weighted by atomic mass is 16.5. The first kappa shape index (κ1) is 20.1. The second-order valence-electron chi connectivity index (χ2n) is 8.91. The highest BCUT2D eigenvalue weighted by molar-refractivity contribution is 5.78. The van der Waals surface area contributed by atoms with E-state index in [1.54, 1.807) is 0 Å². The first-order valence-electron chi connectivity index (χ1n) is 10.7. The summed E-state index contributed by atoms with van der Waals surface area (Å²) in [5.74, 6) is 0.257. The zero-order valence-corrected chi connectivity index (χ0v) is 17.2. The second-order valence-corrected chi connectivity index (χ2v) is 8.91. The van der Waals surface area contributed by atoms with Crippen molar-refractivity contribution >= 4 is 5.91 Å². The molecule has 1 amide bonds. The maximum atomic E-state index is 13.2. The van der Waals surface area contributed by atoms with E-state index in [9.17, 15) is 9.90 Å². The monoisotopic (exact) mass is 393 g/mol. The number of nitrogens with zero attached hydrogens (tertiary/aromatic N) is 1. The van der Waals surface area contributed by atoms with Crippen LogP contribution < -0.4 is 0 Å². The van der Waals surface area contributed by atoms with E-state index in [4.69, 9.17) is 4.74 Å². The molecule has 4 nitrogen and oxygen atoms in total. The van der Waals surface area contributed by atoms with Gasteiger partial charge in [-0.25, -0.2) is 0 Å². The van der Waals surface area contributed by atoms with Gasteiger partial charge in [-0.05, 0) is 37.3 Å². The molecule has 0 bridgehead atoms. The summed E-state index contributed by atoms with van der Waals surface area (Å²) in [6, 6.07) is 20.6. The average molecular weight is 394 g/mol. The molecule has 2 aromatic rings. The van der Waals surface area contributed by atoms with Crippen LogP contribution in [0.15, 0.2) is 60.7 Å². The Labute approximate surface area is 173 Å². The smallest absolute Gasteiger partial charge is 0.223 e. The topological polar surface area (TPSA) is 49.8 Å².